The van der Waals surface area contributed by atoms with E-state index in [4.69, 9.17) is 9.15 Å². The van der Waals surface area contributed by atoms with Crippen molar-refractivity contribution in [2.75, 3.05) is 12.0 Å². The van der Waals surface area contributed by atoms with Gasteiger partial charge in [-0.25, -0.2) is 4.79 Å². The van der Waals surface area contributed by atoms with Crippen molar-refractivity contribution in [3.63, 3.8) is 0 Å². The van der Waals surface area contributed by atoms with Crippen LogP contribution in [0, 0.1) is 6.92 Å². The first kappa shape index (κ1) is 14.6. The molecule has 1 heterocycles. The van der Waals surface area contributed by atoms with E-state index in [1.807, 2.05) is 19.2 Å². The van der Waals surface area contributed by atoms with Gasteiger partial charge in [-0.3, -0.25) is 0 Å². The lowest BCUT2D eigenvalue weighted by Crippen LogP contribution is -2.17. The molecular weight excluding hydrogens is 276 g/mol. The number of hydrogen-bond donors (Lipinski definition) is 0. The zero-order valence-electron chi connectivity index (χ0n) is 11.6. The third-order valence-corrected chi connectivity index (χ3v) is 3.38. The van der Waals surface area contributed by atoms with Crippen molar-refractivity contribution in [1.82, 2.24) is 10.2 Å². The number of hydrogen-bond acceptors (Lipinski definition) is 6. The molecule has 0 radical (unpaired) electrons. The number of thioether (sulfide) groups is 1. The van der Waals surface area contributed by atoms with Gasteiger partial charge < -0.3 is 9.15 Å². The molecule has 0 fully saturated rings. The molecule has 0 unspecified atom stereocenters. The Hall–Kier alpha value is -1.82. The topological polar surface area (TPSA) is 65.2 Å². The summed E-state index contributed by atoms with van der Waals surface area (Å²) in [5, 5.41) is 7.71. The molecule has 0 aliphatic carbocycles. The smallest absolute Gasteiger partial charge is 0.338 e. The molecule has 2 rings (SSSR count). The summed E-state index contributed by atoms with van der Waals surface area (Å²) in [4.78, 5) is 12.0. The maximum Gasteiger partial charge on any atom is 0.338 e. The standard InChI is InChI=1S/C14H16N2O3S/c1-9(8-20-3)18-14(17)12-6-4-5-11(7-12)13-16-15-10(2)19-13/h4-7,9H,8H2,1-3H3/t9-/m1/s1. The maximum absolute atomic E-state index is 12.0. The van der Waals surface area contributed by atoms with Crippen molar-refractivity contribution >= 4 is 17.7 Å². The lowest BCUT2D eigenvalue weighted by Gasteiger charge is -2.11. The van der Waals surface area contributed by atoms with Crippen molar-refractivity contribution < 1.29 is 13.9 Å². The van der Waals surface area contributed by atoms with Gasteiger partial charge in [0.1, 0.15) is 6.10 Å². The highest BCUT2D eigenvalue weighted by atomic mass is 32.2. The van der Waals surface area contributed by atoms with Crippen LogP contribution in [0.2, 0.25) is 0 Å². The van der Waals surface area contributed by atoms with E-state index in [0.29, 0.717) is 22.9 Å². The highest BCUT2D eigenvalue weighted by molar-refractivity contribution is 7.98. The quantitative estimate of drug-likeness (QED) is 0.789. The zero-order valence-corrected chi connectivity index (χ0v) is 12.4. The molecule has 5 nitrogen and oxygen atoms in total. The average Bonchev–Trinajstić information content (AvgIpc) is 2.86. The maximum atomic E-state index is 12.0. The van der Waals surface area contributed by atoms with Gasteiger partial charge in [0.15, 0.2) is 0 Å². The Kier molecular flexibility index (Phi) is 4.79. The van der Waals surface area contributed by atoms with Gasteiger partial charge in [0.05, 0.1) is 5.56 Å². The van der Waals surface area contributed by atoms with Crippen LogP contribution in [0.25, 0.3) is 11.5 Å². The number of benzene rings is 1. The summed E-state index contributed by atoms with van der Waals surface area (Å²) >= 11 is 1.64. The molecule has 0 bridgehead atoms. The van der Waals surface area contributed by atoms with E-state index in [0.717, 1.165) is 5.75 Å². The van der Waals surface area contributed by atoms with E-state index >= 15 is 0 Å². The average molecular weight is 292 g/mol. The third kappa shape index (κ3) is 3.60. The van der Waals surface area contributed by atoms with E-state index in [2.05, 4.69) is 10.2 Å². The molecule has 20 heavy (non-hydrogen) atoms. The number of carbonyl (C=O) groups excluding carboxylic acids is 1. The Morgan fingerprint density at radius 1 is 1.45 bits per heavy atom. The normalized spacial score (nSPS) is 12.2. The van der Waals surface area contributed by atoms with Crippen molar-refractivity contribution in [3.8, 4) is 11.5 Å². The van der Waals surface area contributed by atoms with Gasteiger partial charge >= 0.3 is 5.97 Å². The van der Waals surface area contributed by atoms with Crippen molar-refractivity contribution in [2.45, 2.75) is 20.0 Å². The molecule has 2 aromatic rings. The van der Waals surface area contributed by atoms with Gasteiger partial charge in [-0.1, -0.05) is 6.07 Å². The van der Waals surface area contributed by atoms with E-state index < -0.39 is 0 Å². The number of carbonyl (C=O) groups is 1. The first-order chi connectivity index (χ1) is 9.60. The summed E-state index contributed by atoms with van der Waals surface area (Å²) in [6.45, 7) is 3.60. The monoisotopic (exact) mass is 292 g/mol. The Bertz CT molecular complexity index is 598. The lowest BCUT2D eigenvalue weighted by atomic mass is 10.1. The number of nitrogens with zero attached hydrogens (tertiary/aromatic N) is 2. The van der Waals surface area contributed by atoms with Crippen LogP contribution in [0.15, 0.2) is 28.7 Å². The fourth-order valence-corrected chi connectivity index (χ4v) is 2.25. The zero-order chi connectivity index (χ0) is 14.5. The van der Waals surface area contributed by atoms with Crippen LogP contribution in [0.5, 0.6) is 0 Å². The van der Waals surface area contributed by atoms with Gasteiger partial charge in [-0.2, -0.15) is 11.8 Å². The highest BCUT2D eigenvalue weighted by Gasteiger charge is 2.14. The Labute approximate surface area is 121 Å². The van der Waals surface area contributed by atoms with Crippen LogP contribution < -0.4 is 0 Å². The predicted octanol–water partition coefficient (Wildman–Crippen LogP) is 2.95. The molecule has 6 heteroatoms. The summed E-state index contributed by atoms with van der Waals surface area (Å²) in [5.41, 5.74) is 1.18. The van der Waals surface area contributed by atoms with E-state index in [1.54, 1.807) is 36.9 Å². The molecule has 0 saturated heterocycles. The number of aryl methyl sites for hydroxylation is 1. The molecule has 0 aliphatic heterocycles. The van der Waals surface area contributed by atoms with Crippen LogP contribution in [0.4, 0.5) is 0 Å². The van der Waals surface area contributed by atoms with Gasteiger partial charge in [0.25, 0.3) is 0 Å². The van der Waals surface area contributed by atoms with Gasteiger partial charge in [-0.05, 0) is 31.4 Å². The predicted molar refractivity (Wildman–Crippen MR) is 77.7 cm³/mol. The molecule has 0 saturated carbocycles. The van der Waals surface area contributed by atoms with Crippen LogP contribution >= 0.6 is 11.8 Å². The molecule has 0 aliphatic rings. The van der Waals surface area contributed by atoms with E-state index in [-0.39, 0.29) is 12.1 Å². The largest absolute Gasteiger partial charge is 0.458 e. The second-order valence-electron chi connectivity index (χ2n) is 4.38. The summed E-state index contributed by atoms with van der Waals surface area (Å²) in [6.07, 6.45) is 1.86. The number of esters is 1. The SMILES string of the molecule is CSC[C@@H](C)OC(=O)c1cccc(-c2nnc(C)o2)c1. The lowest BCUT2D eigenvalue weighted by molar-refractivity contribution is 0.0386. The molecule has 1 atom stereocenters. The fourth-order valence-electron chi connectivity index (χ4n) is 1.71. The second kappa shape index (κ2) is 6.56. The summed E-state index contributed by atoms with van der Waals surface area (Å²) < 4.78 is 10.7. The Balaban J connectivity index is 2.15. The minimum atomic E-state index is -0.343. The van der Waals surface area contributed by atoms with Gasteiger partial charge in [-0.15, -0.1) is 10.2 Å². The summed E-state index contributed by atoms with van der Waals surface area (Å²) in [7, 11) is 0. The molecule has 0 spiro atoms. The molecule has 106 valence electrons. The molecule has 0 N–H and O–H groups in total. The second-order valence-corrected chi connectivity index (χ2v) is 5.29. The van der Waals surface area contributed by atoms with Crippen LogP contribution in [-0.4, -0.2) is 34.3 Å². The molecular formula is C14H16N2O3S. The summed E-state index contributed by atoms with van der Waals surface area (Å²) in [5.74, 6) is 1.31. The first-order valence-corrected chi connectivity index (χ1v) is 7.60. The minimum absolute atomic E-state index is 0.119. The van der Waals surface area contributed by atoms with Crippen molar-refractivity contribution in [2.24, 2.45) is 0 Å². The van der Waals surface area contributed by atoms with Crippen LogP contribution in [0.1, 0.15) is 23.2 Å². The summed E-state index contributed by atoms with van der Waals surface area (Å²) in [6, 6.07) is 6.99. The fraction of sp³-hybridized carbons (Fsp3) is 0.357. The van der Waals surface area contributed by atoms with E-state index in [9.17, 15) is 4.79 Å². The van der Waals surface area contributed by atoms with Gasteiger partial charge in [0.2, 0.25) is 11.8 Å². The molecule has 1 aromatic heterocycles. The first-order valence-electron chi connectivity index (χ1n) is 6.20. The van der Waals surface area contributed by atoms with Crippen molar-refractivity contribution in [1.29, 1.82) is 0 Å². The van der Waals surface area contributed by atoms with Crippen LogP contribution in [0.3, 0.4) is 0 Å². The Morgan fingerprint density at radius 2 is 2.25 bits per heavy atom. The van der Waals surface area contributed by atoms with Crippen molar-refractivity contribution in [3.05, 3.63) is 35.7 Å². The molecule has 1 aromatic carbocycles. The minimum Gasteiger partial charge on any atom is -0.458 e. The Morgan fingerprint density at radius 3 is 2.90 bits per heavy atom. The van der Waals surface area contributed by atoms with E-state index in [1.165, 1.54) is 0 Å². The molecule has 0 amide bonds. The third-order valence-electron chi connectivity index (χ3n) is 2.58. The van der Waals surface area contributed by atoms with Crippen LogP contribution in [-0.2, 0) is 4.74 Å². The number of rotatable bonds is 5. The van der Waals surface area contributed by atoms with Gasteiger partial charge in [0, 0.05) is 18.2 Å². The number of ether oxygens (including phenoxy) is 1. The highest BCUT2D eigenvalue weighted by Crippen LogP contribution is 2.19. The number of aromatic nitrogens is 2.